The Morgan fingerprint density at radius 2 is 1.95 bits per heavy atom. The summed E-state index contributed by atoms with van der Waals surface area (Å²) in [6.45, 7) is 2.07. The van der Waals surface area contributed by atoms with Gasteiger partial charge in [0.15, 0.2) is 0 Å². The summed E-state index contributed by atoms with van der Waals surface area (Å²) in [6, 6.07) is 11.3. The van der Waals surface area contributed by atoms with Crippen LogP contribution in [-0.4, -0.2) is 6.04 Å². The predicted molar refractivity (Wildman–Crippen MR) is 92.6 cm³/mol. The molecule has 0 fully saturated rings. The molecule has 2 aromatic carbocycles. The van der Waals surface area contributed by atoms with Gasteiger partial charge in [0, 0.05) is 10.5 Å². The summed E-state index contributed by atoms with van der Waals surface area (Å²) in [5.41, 5.74) is 7.09. The molecule has 0 spiro atoms. The molecule has 0 saturated carbocycles. The van der Waals surface area contributed by atoms with Crippen LogP contribution < -0.4 is 10.5 Å². The van der Waals surface area contributed by atoms with Gasteiger partial charge in [0.25, 0.3) is 0 Å². The maximum absolute atomic E-state index is 6.17. The molecule has 2 N–H and O–H groups in total. The molecule has 0 aromatic heterocycles. The lowest BCUT2D eigenvalue weighted by Crippen LogP contribution is -2.21. The Bertz CT molecular complexity index is 634. The number of ether oxygens (including phenoxy) is 1. The third-order valence-corrected chi connectivity index (χ3v) is 4.47. The van der Waals surface area contributed by atoms with Crippen molar-refractivity contribution < 1.29 is 4.74 Å². The van der Waals surface area contributed by atoms with E-state index in [2.05, 4.69) is 22.9 Å². The van der Waals surface area contributed by atoms with Gasteiger partial charge < -0.3 is 10.5 Å². The monoisotopic (exact) mass is 387 g/mol. The van der Waals surface area contributed by atoms with Crippen molar-refractivity contribution in [3.05, 3.63) is 56.5 Å². The third-order valence-electron chi connectivity index (χ3n) is 3.17. The van der Waals surface area contributed by atoms with E-state index in [9.17, 15) is 0 Å². The van der Waals surface area contributed by atoms with Gasteiger partial charge >= 0.3 is 0 Å². The highest BCUT2D eigenvalue weighted by Gasteiger charge is 2.12. The Balaban J connectivity index is 2.34. The summed E-state index contributed by atoms with van der Waals surface area (Å²) < 4.78 is 6.88. The molecule has 5 heteroatoms. The van der Waals surface area contributed by atoms with Crippen molar-refractivity contribution in [3.63, 3.8) is 0 Å². The van der Waals surface area contributed by atoms with Crippen LogP contribution in [0.15, 0.2) is 40.9 Å². The second-order valence-corrected chi connectivity index (χ2v) is 6.48. The molecule has 21 heavy (non-hydrogen) atoms. The minimum atomic E-state index is 0.100. The number of benzene rings is 2. The molecule has 2 aromatic rings. The number of halogens is 3. The van der Waals surface area contributed by atoms with Crippen LogP contribution >= 0.6 is 39.1 Å². The molecule has 1 atom stereocenters. The van der Waals surface area contributed by atoms with Gasteiger partial charge in [-0.1, -0.05) is 58.2 Å². The second-order valence-electron chi connectivity index (χ2n) is 4.78. The van der Waals surface area contributed by atoms with Gasteiger partial charge in [-0.25, -0.2) is 0 Å². The molecule has 1 unspecified atom stereocenters. The second kappa shape index (κ2) is 7.50. The van der Waals surface area contributed by atoms with E-state index in [1.807, 2.05) is 18.2 Å². The first kappa shape index (κ1) is 16.6. The summed E-state index contributed by atoms with van der Waals surface area (Å²) in [5, 5.41) is 0.876. The molecule has 2 nitrogen and oxygen atoms in total. The lowest BCUT2D eigenvalue weighted by molar-refractivity contribution is 0.472. The van der Waals surface area contributed by atoms with E-state index < -0.39 is 0 Å². The first-order valence-corrected chi connectivity index (χ1v) is 8.22. The van der Waals surface area contributed by atoms with E-state index in [0.29, 0.717) is 15.8 Å². The van der Waals surface area contributed by atoms with Gasteiger partial charge in [0.2, 0.25) is 0 Å². The van der Waals surface area contributed by atoms with Crippen LogP contribution in [0.2, 0.25) is 10.0 Å². The molecular weight excluding hydrogens is 373 g/mol. The molecule has 112 valence electrons. The summed E-state index contributed by atoms with van der Waals surface area (Å²) in [7, 11) is 0. The molecule has 0 bridgehead atoms. The molecule has 0 radical (unpaired) electrons. The van der Waals surface area contributed by atoms with Crippen LogP contribution in [0.1, 0.15) is 18.9 Å². The number of nitrogens with two attached hydrogens (primary N) is 1. The molecular formula is C16H16BrCl2NO. The Labute approximate surface area is 143 Å². The zero-order chi connectivity index (χ0) is 15.4. The highest BCUT2D eigenvalue weighted by molar-refractivity contribution is 9.10. The van der Waals surface area contributed by atoms with Crippen LogP contribution in [-0.2, 0) is 6.42 Å². The molecule has 0 aliphatic carbocycles. The molecule has 2 rings (SSSR count). The van der Waals surface area contributed by atoms with Gasteiger partial charge in [0.1, 0.15) is 16.5 Å². The molecule has 0 heterocycles. The van der Waals surface area contributed by atoms with Crippen molar-refractivity contribution in [1.82, 2.24) is 0 Å². The average Bonchev–Trinajstić information content (AvgIpc) is 2.46. The minimum absolute atomic E-state index is 0.100. The first-order chi connectivity index (χ1) is 10.0. The largest absolute Gasteiger partial charge is 0.455 e. The van der Waals surface area contributed by atoms with Crippen LogP contribution in [0.5, 0.6) is 11.5 Å². The van der Waals surface area contributed by atoms with E-state index in [4.69, 9.17) is 33.7 Å². The number of hydrogen-bond donors (Lipinski definition) is 1. The number of hydrogen-bond acceptors (Lipinski definition) is 2. The highest BCUT2D eigenvalue weighted by Crippen LogP contribution is 2.36. The van der Waals surface area contributed by atoms with Crippen molar-refractivity contribution in [3.8, 4) is 11.5 Å². The Morgan fingerprint density at radius 3 is 2.67 bits per heavy atom. The topological polar surface area (TPSA) is 35.2 Å². The zero-order valence-electron chi connectivity index (χ0n) is 11.6. The van der Waals surface area contributed by atoms with E-state index >= 15 is 0 Å². The van der Waals surface area contributed by atoms with Crippen LogP contribution in [0, 0.1) is 0 Å². The predicted octanol–water partition coefficient (Wildman–Crippen LogP) is 5.83. The highest BCUT2D eigenvalue weighted by atomic mass is 79.9. The fraction of sp³-hybridized carbons (Fsp3) is 0.250. The SMILES string of the molecule is CCC(N)Cc1ccc(Br)cc1Oc1cccc(Cl)c1Cl. The summed E-state index contributed by atoms with van der Waals surface area (Å²) in [5.74, 6) is 1.27. The van der Waals surface area contributed by atoms with Crippen molar-refractivity contribution in [1.29, 1.82) is 0 Å². The quantitative estimate of drug-likeness (QED) is 0.699. The Kier molecular flexibility index (Phi) is 5.94. The first-order valence-electron chi connectivity index (χ1n) is 6.67. The van der Waals surface area contributed by atoms with Crippen molar-refractivity contribution in [2.75, 3.05) is 0 Å². The van der Waals surface area contributed by atoms with Crippen molar-refractivity contribution >= 4 is 39.1 Å². The Hall–Kier alpha value is -0.740. The average molecular weight is 389 g/mol. The minimum Gasteiger partial charge on any atom is -0.455 e. The van der Waals surface area contributed by atoms with Crippen LogP contribution in [0.4, 0.5) is 0 Å². The third kappa shape index (κ3) is 4.36. The Morgan fingerprint density at radius 1 is 1.19 bits per heavy atom. The van der Waals surface area contributed by atoms with Gasteiger partial charge in [-0.05, 0) is 42.7 Å². The van der Waals surface area contributed by atoms with Crippen molar-refractivity contribution in [2.45, 2.75) is 25.8 Å². The maximum atomic E-state index is 6.17. The van der Waals surface area contributed by atoms with Gasteiger partial charge in [0.05, 0.1) is 5.02 Å². The zero-order valence-corrected chi connectivity index (χ0v) is 14.7. The fourth-order valence-electron chi connectivity index (χ4n) is 1.90. The van der Waals surface area contributed by atoms with Crippen LogP contribution in [0.25, 0.3) is 0 Å². The normalized spacial score (nSPS) is 12.2. The molecule has 0 aliphatic rings. The molecule has 0 saturated heterocycles. The molecule has 0 aliphatic heterocycles. The van der Waals surface area contributed by atoms with Gasteiger partial charge in [-0.15, -0.1) is 0 Å². The molecule has 0 amide bonds. The lowest BCUT2D eigenvalue weighted by Gasteiger charge is -2.15. The van der Waals surface area contributed by atoms with E-state index in [1.165, 1.54) is 0 Å². The van der Waals surface area contributed by atoms with E-state index in [-0.39, 0.29) is 6.04 Å². The summed E-state index contributed by atoms with van der Waals surface area (Å²) in [6.07, 6.45) is 1.66. The maximum Gasteiger partial charge on any atom is 0.147 e. The van der Waals surface area contributed by atoms with Gasteiger partial charge in [-0.2, -0.15) is 0 Å². The van der Waals surface area contributed by atoms with E-state index in [0.717, 1.165) is 28.6 Å². The lowest BCUT2D eigenvalue weighted by atomic mass is 10.0. The fourth-order valence-corrected chi connectivity index (χ4v) is 2.57. The summed E-state index contributed by atoms with van der Waals surface area (Å²) in [4.78, 5) is 0. The smallest absolute Gasteiger partial charge is 0.147 e. The summed E-state index contributed by atoms with van der Waals surface area (Å²) >= 11 is 15.6. The van der Waals surface area contributed by atoms with Gasteiger partial charge in [-0.3, -0.25) is 0 Å². The van der Waals surface area contributed by atoms with Crippen LogP contribution in [0.3, 0.4) is 0 Å². The number of rotatable bonds is 5. The standard InChI is InChI=1S/C16H16BrCl2NO/c1-2-12(20)8-10-6-7-11(17)9-15(10)21-14-5-3-4-13(18)16(14)19/h3-7,9,12H,2,8,20H2,1H3. The van der Waals surface area contributed by atoms with Crippen molar-refractivity contribution in [2.24, 2.45) is 5.73 Å². The van der Waals surface area contributed by atoms with E-state index in [1.54, 1.807) is 18.2 Å².